The summed E-state index contributed by atoms with van der Waals surface area (Å²) in [5.41, 5.74) is 1.84. The number of anilines is 1. The van der Waals surface area contributed by atoms with Gasteiger partial charge in [0.1, 0.15) is 11.6 Å². The third-order valence-corrected chi connectivity index (χ3v) is 7.14. The summed E-state index contributed by atoms with van der Waals surface area (Å²) in [4.78, 5) is 4.69. The second-order valence-electron chi connectivity index (χ2n) is 7.27. The van der Waals surface area contributed by atoms with E-state index in [0.29, 0.717) is 22.9 Å². The van der Waals surface area contributed by atoms with Crippen molar-refractivity contribution in [1.29, 1.82) is 0 Å². The molecule has 1 N–H and O–H groups in total. The molecular weight excluding hydrogens is 462 g/mol. The number of nitrogens with one attached hydrogen (secondary N) is 1. The van der Waals surface area contributed by atoms with E-state index in [-0.39, 0.29) is 15.6 Å². The van der Waals surface area contributed by atoms with Gasteiger partial charge in [0, 0.05) is 17.0 Å². The average Bonchev–Trinajstić information content (AvgIpc) is 3.28. The van der Waals surface area contributed by atoms with Crippen LogP contribution < -0.4 is 10.1 Å². The van der Waals surface area contributed by atoms with E-state index in [1.165, 1.54) is 28.8 Å². The minimum atomic E-state index is -3.96. The Hall–Kier alpha value is -3.69. The van der Waals surface area contributed by atoms with Gasteiger partial charge in [0.05, 0.1) is 17.5 Å². The van der Waals surface area contributed by atoms with Gasteiger partial charge < -0.3 is 10.1 Å². The molecule has 10 heteroatoms. The van der Waals surface area contributed by atoms with Crippen LogP contribution in [0.4, 0.5) is 5.82 Å². The van der Waals surface area contributed by atoms with Crippen LogP contribution in [0.1, 0.15) is 5.56 Å². The Kier molecular flexibility index (Phi) is 5.35. The molecule has 0 fully saturated rings. The number of sulfone groups is 1. The van der Waals surface area contributed by atoms with Gasteiger partial charge in [0.25, 0.3) is 0 Å². The summed E-state index contributed by atoms with van der Waals surface area (Å²) in [5.74, 6) is 1.30. The van der Waals surface area contributed by atoms with Gasteiger partial charge in [0.15, 0.2) is 5.65 Å². The molecule has 0 bridgehead atoms. The van der Waals surface area contributed by atoms with Crippen molar-refractivity contribution in [2.24, 2.45) is 0 Å². The van der Waals surface area contributed by atoms with E-state index in [4.69, 9.17) is 16.3 Å². The molecule has 0 unspecified atom stereocenters. The maximum Gasteiger partial charge on any atom is 0.229 e. The van der Waals surface area contributed by atoms with Gasteiger partial charge in [-0.15, -0.1) is 5.10 Å². The molecule has 0 aliphatic heterocycles. The molecule has 33 heavy (non-hydrogen) atoms. The molecule has 0 aliphatic carbocycles. The number of rotatable bonds is 6. The number of methoxy groups -OCH3 is 1. The molecule has 0 atom stereocenters. The molecule has 3 aromatic carbocycles. The first-order valence-electron chi connectivity index (χ1n) is 9.99. The summed E-state index contributed by atoms with van der Waals surface area (Å²) >= 11 is 5.92. The minimum absolute atomic E-state index is 0.0667. The van der Waals surface area contributed by atoms with Crippen molar-refractivity contribution < 1.29 is 13.2 Å². The second-order valence-corrected chi connectivity index (χ2v) is 9.57. The highest BCUT2D eigenvalue weighted by Crippen LogP contribution is 2.28. The lowest BCUT2D eigenvalue weighted by atomic mass is 10.2. The smallest absolute Gasteiger partial charge is 0.229 e. The van der Waals surface area contributed by atoms with Crippen molar-refractivity contribution in [3.63, 3.8) is 0 Å². The summed E-state index contributed by atoms with van der Waals surface area (Å²) < 4.78 is 33.2. The van der Waals surface area contributed by atoms with E-state index in [9.17, 15) is 8.42 Å². The lowest BCUT2D eigenvalue weighted by Gasteiger charge is -2.11. The Morgan fingerprint density at radius 3 is 2.45 bits per heavy atom. The lowest BCUT2D eigenvalue weighted by molar-refractivity contribution is 0.414. The Bertz CT molecular complexity index is 1570. The van der Waals surface area contributed by atoms with E-state index in [1.807, 2.05) is 48.5 Å². The molecule has 5 aromatic rings. The van der Waals surface area contributed by atoms with Crippen LogP contribution in [0.25, 0.3) is 16.6 Å². The first kappa shape index (κ1) is 21.2. The summed E-state index contributed by atoms with van der Waals surface area (Å²) in [7, 11) is -2.34. The van der Waals surface area contributed by atoms with E-state index in [2.05, 4.69) is 20.6 Å². The highest BCUT2D eigenvalue weighted by molar-refractivity contribution is 7.91. The van der Waals surface area contributed by atoms with Gasteiger partial charge in [0.2, 0.25) is 14.9 Å². The number of fused-ring (bicyclic) bond motifs is 3. The first-order valence-corrected chi connectivity index (χ1v) is 11.8. The third kappa shape index (κ3) is 3.85. The Morgan fingerprint density at radius 2 is 1.73 bits per heavy atom. The van der Waals surface area contributed by atoms with Crippen molar-refractivity contribution in [3.05, 3.63) is 83.4 Å². The van der Waals surface area contributed by atoms with Crippen molar-refractivity contribution >= 4 is 43.8 Å². The average molecular weight is 480 g/mol. The molecule has 166 valence electrons. The normalized spacial score (nSPS) is 11.7. The zero-order valence-corrected chi connectivity index (χ0v) is 19.0. The molecule has 0 amide bonds. The van der Waals surface area contributed by atoms with Gasteiger partial charge in [-0.25, -0.2) is 13.4 Å². The molecule has 0 saturated heterocycles. The number of benzene rings is 3. The van der Waals surface area contributed by atoms with Crippen LogP contribution in [0.2, 0.25) is 5.02 Å². The zero-order valence-electron chi connectivity index (χ0n) is 17.4. The van der Waals surface area contributed by atoms with Crippen LogP contribution in [0.3, 0.4) is 0 Å². The fourth-order valence-electron chi connectivity index (χ4n) is 3.51. The van der Waals surface area contributed by atoms with Gasteiger partial charge in [-0.1, -0.05) is 41.1 Å². The van der Waals surface area contributed by atoms with Crippen molar-refractivity contribution in [1.82, 2.24) is 19.8 Å². The van der Waals surface area contributed by atoms with E-state index < -0.39 is 9.84 Å². The molecule has 2 aromatic heterocycles. The Labute approximate surface area is 194 Å². The number of aromatic nitrogens is 4. The topological polar surface area (TPSA) is 98.5 Å². The standard InChI is InChI=1S/C23H18ClN5O3S/c1-32-17-10-6-15(7-11-17)14-25-21-19-4-2-3-5-20(19)29-22(26-21)23(27-28-29)33(30,31)18-12-8-16(24)9-13-18/h2-13H,14H2,1H3,(H,25,26). The van der Waals surface area contributed by atoms with Crippen molar-refractivity contribution in [2.75, 3.05) is 12.4 Å². The van der Waals surface area contributed by atoms with Gasteiger partial charge >= 0.3 is 0 Å². The minimum Gasteiger partial charge on any atom is -0.497 e. The van der Waals surface area contributed by atoms with Gasteiger partial charge in [-0.3, -0.25) is 0 Å². The van der Waals surface area contributed by atoms with E-state index >= 15 is 0 Å². The third-order valence-electron chi connectivity index (χ3n) is 5.22. The number of para-hydroxylation sites is 1. The summed E-state index contributed by atoms with van der Waals surface area (Å²) in [6.45, 7) is 0.484. The van der Waals surface area contributed by atoms with Crippen LogP contribution in [0.15, 0.2) is 82.7 Å². The van der Waals surface area contributed by atoms with E-state index in [1.54, 1.807) is 7.11 Å². The summed E-state index contributed by atoms with van der Waals surface area (Å²) in [6.07, 6.45) is 0. The fraction of sp³-hybridized carbons (Fsp3) is 0.0870. The number of hydrogen-bond acceptors (Lipinski definition) is 7. The summed E-state index contributed by atoms with van der Waals surface area (Å²) in [6, 6.07) is 21.0. The number of nitrogens with zero attached hydrogens (tertiary/aromatic N) is 4. The predicted octanol–water partition coefficient (Wildman–Crippen LogP) is 4.38. The highest BCUT2D eigenvalue weighted by Gasteiger charge is 2.27. The van der Waals surface area contributed by atoms with Crippen LogP contribution in [0.5, 0.6) is 5.75 Å². The van der Waals surface area contributed by atoms with E-state index in [0.717, 1.165) is 16.7 Å². The molecule has 0 spiro atoms. The molecule has 5 rings (SSSR count). The molecular formula is C23H18ClN5O3S. The molecule has 0 saturated carbocycles. The Morgan fingerprint density at radius 1 is 1.00 bits per heavy atom. The number of hydrogen-bond donors (Lipinski definition) is 1. The number of ether oxygens (including phenoxy) is 1. The summed E-state index contributed by atoms with van der Waals surface area (Å²) in [5, 5.41) is 12.4. The highest BCUT2D eigenvalue weighted by atomic mass is 35.5. The maximum atomic E-state index is 13.3. The van der Waals surface area contributed by atoms with Crippen LogP contribution in [0, 0.1) is 0 Å². The predicted molar refractivity (Wildman–Crippen MR) is 126 cm³/mol. The van der Waals surface area contributed by atoms with Gasteiger partial charge in [-0.2, -0.15) is 4.52 Å². The quantitative estimate of drug-likeness (QED) is 0.385. The van der Waals surface area contributed by atoms with Crippen LogP contribution in [-0.4, -0.2) is 35.3 Å². The maximum absolute atomic E-state index is 13.3. The second kappa shape index (κ2) is 8.34. The van der Waals surface area contributed by atoms with Crippen LogP contribution >= 0.6 is 11.6 Å². The van der Waals surface area contributed by atoms with Crippen molar-refractivity contribution in [3.8, 4) is 5.75 Å². The van der Waals surface area contributed by atoms with Gasteiger partial charge in [-0.05, 0) is 54.1 Å². The fourth-order valence-corrected chi connectivity index (χ4v) is 4.87. The molecule has 0 aliphatic rings. The van der Waals surface area contributed by atoms with Crippen molar-refractivity contribution in [2.45, 2.75) is 16.5 Å². The Balaban J connectivity index is 1.61. The number of halogens is 1. The lowest BCUT2D eigenvalue weighted by Crippen LogP contribution is -2.07. The largest absolute Gasteiger partial charge is 0.497 e. The first-order chi connectivity index (χ1) is 16.0. The molecule has 8 nitrogen and oxygen atoms in total. The monoisotopic (exact) mass is 479 g/mol. The van der Waals surface area contributed by atoms with Crippen LogP contribution in [-0.2, 0) is 16.4 Å². The zero-order chi connectivity index (χ0) is 23.0. The molecule has 0 radical (unpaired) electrons. The SMILES string of the molecule is COc1ccc(CNc2nc3c(S(=O)(=O)c4ccc(Cl)cc4)nnn3c3ccccc23)cc1. The molecule has 2 heterocycles.